The van der Waals surface area contributed by atoms with Crippen molar-refractivity contribution in [2.75, 3.05) is 7.11 Å². The van der Waals surface area contributed by atoms with E-state index >= 15 is 0 Å². The summed E-state index contributed by atoms with van der Waals surface area (Å²) in [6, 6.07) is 1.84. The van der Waals surface area contributed by atoms with E-state index in [4.69, 9.17) is 14.4 Å². The van der Waals surface area contributed by atoms with Crippen LogP contribution in [0.1, 0.15) is 22.0 Å². The van der Waals surface area contributed by atoms with Crippen LogP contribution in [0.5, 0.6) is 0 Å². The molecule has 0 unspecified atom stereocenters. The fourth-order valence-electron chi connectivity index (χ4n) is 1.53. The lowest BCUT2D eigenvalue weighted by Crippen LogP contribution is -1.99. The van der Waals surface area contributed by atoms with Gasteiger partial charge in [-0.15, -0.1) is 11.3 Å². The Hall–Kier alpha value is -1.38. The molecule has 0 aromatic carbocycles. The van der Waals surface area contributed by atoms with Gasteiger partial charge >= 0.3 is 5.97 Å². The largest absolute Gasteiger partial charge is 0.481 e. The molecule has 6 nitrogen and oxygen atoms in total. The molecule has 0 radical (unpaired) electrons. The lowest BCUT2D eigenvalue weighted by atomic mass is 10.3. The van der Waals surface area contributed by atoms with E-state index in [9.17, 15) is 4.79 Å². The second-order valence-electron chi connectivity index (χ2n) is 4.07. The molecule has 108 valence electrons. The Labute approximate surface area is 124 Å². The minimum atomic E-state index is -0.839. The van der Waals surface area contributed by atoms with Crippen molar-refractivity contribution in [1.82, 2.24) is 10.1 Å². The van der Waals surface area contributed by atoms with Gasteiger partial charge in [-0.1, -0.05) is 16.9 Å². The van der Waals surface area contributed by atoms with Crippen LogP contribution < -0.4 is 0 Å². The minimum absolute atomic E-state index is 0.0198. The summed E-state index contributed by atoms with van der Waals surface area (Å²) in [6.45, 7) is 2.22. The minimum Gasteiger partial charge on any atom is -0.481 e. The van der Waals surface area contributed by atoms with E-state index in [0.29, 0.717) is 18.1 Å². The molecule has 20 heavy (non-hydrogen) atoms. The first-order chi connectivity index (χ1) is 9.58. The van der Waals surface area contributed by atoms with Gasteiger partial charge in [0.05, 0.1) is 17.8 Å². The molecule has 0 aliphatic heterocycles. The Morgan fingerprint density at radius 3 is 3.10 bits per heavy atom. The summed E-state index contributed by atoms with van der Waals surface area (Å²) < 4.78 is 10.9. The fourth-order valence-corrected chi connectivity index (χ4v) is 3.64. The van der Waals surface area contributed by atoms with E-state index in [-0.39, 0.29) is 6.42 Å². The van der Waals surface area contributed by atoms with Crippen LogP contribution in [-0.2, 0) is 28.3 Å². The van der Waals surface area contributed by atoms with Crippen LogP contribution in [0.15, 0.2) is 14.9 Å². The first-order valence-electron chi connectivity index (χ1n) is 5.82. The normalized spacial score (nSPS) is 10.9. The van der Waals surface area contributed by atoms with Crippen LogP contribution in [0.25, 0.3) is 0 Å². The number of carboxylic acids is 1. The molecule has 0 aliphatic carbocycles. The number of hydrogen-bond donors (Lipinski definition) is 1. The highest BCUT2D eigenvalue weighted by molar-refractivity contribution is 8.00. The number of carboxylic acid groups (broad SMARTS) is 1. The van der Waals surface area contributed by atoms with Crippen LogP contribution >= 0.6 is 23.1 Å². The first-order valence-corrected chi connectivity index (χ1v) is 7.63. The van der Waals surface area contributed by atoms with Gasteiger partial charge in [0.25, 0.3) is 0 Å². The van der Waals surface area contributed by atoms with Crippen LogP contribution in [0.2, 0.25) is 0 Å². The predicted octanol–water partition coefficient (Wildman–Crippen LogP) is 2.51. The molecule has 0 aliphatic rings. The third-order valence-electron chi connectivity index (χ3n) is 2.42. The highest BCUT2D eigenvalue weighted by Gasteiger charge is 2.12. The van der Waals surface area contributed by atoms with Gasteiger partial charge in [0, 0.05) is 23.8 Å². The number of methoxy groups -OCH3 is 1. The number of thiazole rings is 1. The molecule has 0 spiro atoms. The van der Waals surface area contributed by atoms with Gasteiger partial charge in [-0.2, -0.15) is 0 Å². The van der Waals surface area contributed by atoms with Crippen molar-refractivity contribution in [3.05, 3.63) is 28.1 Å². The van der Waals surface area contributed by atoms with Gasteiger partial charge in [-0.05, 0) is 6.92 Å². The Balaban J connectivity index is 1.94. The van der Waals surface area contributed by atoms with Crippen molar-refractivity contribution in [3.8, 4) is 0 Å². The van der Waals surface area contributed by atoms with Gasteiger partial charge in [0.1, 0.15) is 6.61 Å². The summed E-state index contributed by atoms with van der Waals surface area (Å²) >= 11 is 2.93. The van der Waals surface area contributed by atoms with E-state index < -0.39 is 5.97 Å². The molecule has 8 heteroatoms. The number of rotatable bonds is 7. The average Bonchev–Trinajstić information content (AvgIpc) is 2.95. The van der Waals surface area contributed by atoms with Crippen molar-refractivity contribution in [1.29, 1.82) is 0 Å². The molecule has 2 rings (SSSR count). The number of aromatic nitrogens is 2. The standard InChI is InChI=1S/C12H14N2O4S2/c1-7-10(4-11(15)16)20-12(13-7)19-6-8-3-9(5-17-2)18-14-8/h3H,4-6H2,1-2H3,(H,15,16). The lowest BCUT2D eigenvalue weighted by Gasteiger charge is -1.91. The van der Waals surface area contributed by atoms with Crippen molar-refractivity contribution in [2.45, 2.75) is 30.0 Å². The van der Waals surface area contributed by atoms with Crippen molar-refractivity contribution >= 4 is 29.1 Å². The van der Waals surface area contributed by atoms with Crippen LogP contribution in [0.4, 0.5) is 0 Å². The molecule has 2 aromatic rings. The number of carbonyl (C=O) groups is 1. The number of ether oxygens (including phenoxy) is 1. The van der Waals surface area contributed by atoms with E-state index in [1.165, 1.54) is 23.1 Å². The Morgan fingerprint density at radius 2 is 2.40 bits per heavy atom. The van der Waals surface area contributed by atoms with Crippen molar-refractivity contribution in [3.63, 3.8) is 0 Å². The van der Waals surface area contributed by atoms with Gasteiger partial charge in [-0.3, -0.25) is 4.79 Å². The summed E-state index contributed by atoms with van der Waals surface area (Å²) in [5.74, 6) is 0.478. The maximum atomic E-state index is 10.7. The number of aryl methyl sites for hydroxylation is 1. The smallest absolute Gasteiger partial charge is 0.308 e. The lowest BCUT2D eigenvalue weighted by molar-refractivity contribution is -0.136. The van der Waals surface area contributed by atoms with Gasteiger partial charge in [0.2, 0.25) is 0 Å². The number of hydrogen-bond acceptors (Lipinski definition) is 7. The van der Waals surface area contributed by atoms with Gasteiger partial charge in [0.15, 0.2) is 10.1 Å². The first kappa shape index (κ1) is 15.0. The molecular formula is C12H14N2O4S2. The monoisotopic (exact) mass is 314 g/mol. The van der Waals surface area contributed by atoms with Gasteiger partial charge < -0.3 is 14.4 Å². The SMILES string of the molecule is COCc1cc(CSc2nc(C)c(CC(=O)O)s2)no1. The molecule has 0 fully saturated rings. The van der Waals surface area contributed by atoms with Crippen LogP contribution in [0.3, 0.4) is 0 Å². The summed E-state index contributed by atoms with van der Waals surface area (Å²) in [5, 5.41) is 12.7. The Bertz CT molecular complexity index is 594. The molecule has 1 N–H and O–H groups in total. The molecule has 0 amide bonds. The molecular weight excluding hydrogens is 300 g/mol. The molecule has 2 aromatic heterocycles. The Morgan fingerprint density at radius 1 is 1.60 bits per heavy atom. The summed E-state index contributed by atoms with van der Waals surface area (Å²) in [6.07, 6.45) is 0.0198. The fraction of sp³-hybridized carbons (Fsp3) is 0.417. The average molecular weight is 314 g/mol. The molecule has 0 saturated heterocycles. The number of aliphatic carboxylic acids is 1. The Kier molecular flexibility index (Phi) is 5.16. The zero-order valence-corrected chi connectivity index (χ0v) is 12.7. The second-order valence-corrected chi connectivity index (χ2v) is 6.37. The quantitative estimate of drug-likeness (QED) is 0.786. The topological polar surface area (TPSA) is 85.5 Å². The van der Waals surface area contributed by atoms with E-state index in [2.05, 4.69) is 10.1 Å². The maximum absolute atomic E-state index is 10.7. The third-order valence-corrected chi connectivity index (χ3v) is 4.76. The van der Waals surface area contributed by atoms with E-state index in [0.717, 1.165) is 20.6 Å². The zero-order chi connectivity index (χ0) is 14.5. The number of thioether (sulfide) groups is 1. The molecule has 0 bridgehead atoms. The van der Waals surface area contributed by atoms with Crippen LogP contribution in [-0.4, -0.2) is 28.3 Å². The highest BCUT2D eigenvalue weighted by atomic mass is 32.2. The molecule has 0 saturated carbocycles. The van der Waals surface area contributed by atoms with Gasteiger partial charge in [-0.25, -0.2) is 4.98 Å². The van der Waals surface area contributed by atoms with Crippen LogP contribution in [0, 0.1) is 6.92 Å². The van der Waals surface area contributed by atoms with E-state index in [1.807, 2.05) is 13.0 Å². The number of nitrogens with zero attached hydrogens (tertiary/aromatic N) is 2. The maximum Gasteiger partial charge on any atom is 0.308 e. The third kappa shape index (κ3) is 4.06. The van der Waals surface area contributed by atoms with Crippen molar-refractivity contribution in [2.24, 2.45) is 0 Å². The highest BCUT2D eigenvalue weighted by Crippen LogP contribution is 2.29. The summed E-state index contributed by atoms with van der Waals surface area (Å²) in [5.41, 5.74) is 1.59. The molecule has 0 atom stereocenters. The summed E-state index contributed by atoms with van der Waals surface area (Å²) in [4.78, 5) is 15.9. The van der Waals surface area contributed by atoms with Crippen molar-refractivity contribution < 1.29 is 19.2 Å². The molecule has 2 heterocycles. The predicted molar refractivity (Wildman–Crippen MR) is 75.0 cm³/mol. The second kappa shape index (κ2) is 6.87. The zero-order valence-electron chi connectivity index (χ0n) is 11.1. The van der Waals surface area contributed by atoms with E-state index in [1.54, 1.807) is 7.11 Å². The summed E-state index contributed by atoms with van der Waals surface area (Å²) in [7, 11) is 1.60.